The molecule has 0 saturated carbocycles. The highest BCUT2D eigenvalue weighted by atomic mass is 32.2. The maximum Gasteiger partial charge on any atom is 0.233 e. The van der Waals surface area contributed by atoms with Crippen molar-refractivity contribution in [2.24, 2.45) is 5.92 Å². The molecule has 1 aliphatic rings. The molecule has 1 fully saturated rings. The molecule has 1 heterocycles. The standard InChI is InChI=1S/C23H35N3O4S/c1-2-3-4-8-15-24-23(28)21-12-9-17-26(19-21)22(27)13-16-25-31(29,30)18-14-20-10-6-5-7-11-20/h5-7,10-11,14,18,21,25H,2-4,8-9,12-13,15-17,19H2,1H3,(H,24,28)/b18-14+. The zero-order valence-electron chi connectivity index (χ0n) is 18.4. The number of piperidine rings is 1. The van der Waals surface area contributed by atoms with Crippen LogP contribution >= 0.6 is 0 Å². The third-order valence-electron chi connectivity index (χ3n) is 5.36. The Kier molecular flexibility index (Phi) is 10.7. The molecule has 2 amide bonds. The smallest absolute Gasteiger partial charge is 0.233 e. The van der Waals surface area contributed by atoms with E-state index in [4.69, 9.17) is 0 Å². The first kappa shape index (κ1) is 25.1. The summed E-state index contributed by atoms with van der Waals surface area (Å²) in [6.07, 6.45) is 7.58. The zero-order chi connectivity index (χ0) is 22.5. The molecule has 1 aromatic rings. The molecule has 1 aromatic carbocycles. The molecule has 0 spiro atoms. The fourth-order valence-corrected chi connectivity index (χ4v) is 4.38. The summed E-state index contributed by atoms with van der Waals surface area (Å²) in [6, 6.07) is 9.14. The number of hydrogen-bond donors (Lipinski definition) is 2. The van der Waals surface area contributed by atoms with Gasteiger partial charge in [0.2, 0.25) is 21.8 Å². The Morgan fingerprint density at radius 2 is 1.90 bits per heavy atom. The van der Waals surface area contributed by atoms with E-state index in [2.05, 4.69) is 17.0 Å². The Morgan fingerprint density at radius 3 is 2.65 bits per heavy atom. The minimum Gasteiger partial charge on any atom is -0.356 e. The van der Waals surface area contributed by atoms with Crippen LogP contribution in [-0.2, 0) is 19.6 Å². The normalized spacial score (nSPS) is 17.1. The molecule has 1 saturated heterocycles. The van der Waals surface area contributed by atoms with E-state index in [1.54, 1.807) is 4.90 Å². The predicted molar refractivity (Wildman–Crippen MR) is 123 cm³/mol. The van der Waals surface area contributed by atoms with E-state index in [-0.39, 0.29) is 30.7 Å². The molecule has 172 valence electrons. The van der Waals surface area contributed by atoms with Gasteiger partial charge in [-0.15, -0.1) is 0 Å². The summed E-state index contributed by atoms with van der Waals surface area (Å²) in [5, 5.41) is 4.09. The largest absolute Gasteiger partial charge is 0.356 e. The van der Waals surface area contributed by atoms with Gasteiger partial charge in [0, 0.05) is 38.0 Å². The fourth-order valence-electron chi connectivity index (χ4n) is 3.56. The molecular formula is C23H35N3O4S. The third kappa shape index (κ3) is 9.65. The van der Waals surface area contributed by atoms with Gasteiger partial charge in [0.1, 0.15) is 0 Å². The Hall–Kier alpha value is -2.19. The van der Waals surface area contributed by atoms with Crippen molar-refractivity contribution in [3.05, 3.63) is 41.3 Å². The van der Waals surface area contributed by atoms with Gasteiger partial charge in [-0.25, -0.2) is 13.1 Å². The van der Waals surface area contributed by atoms with Crippen LogP contribution in [0.15, 0.2) is 35.7 Å². The van der Waals surface area contributed by atoms with Crippen LogP contribution in [-0.4, -0.2) is 51.3 Å². The number of nitrogens with zero attached hydrogens (tertiary/aromatic N) is 1. The van der Waals surface area contributed by atoms with E-state index in [1.165, 1.54) is 12.5 Å². The summed E-state index contributed by atoms with van der Waals surface area (Å²) in [7, 11) is -3.61. The second-order valence-corrected chi connectivity index (χ2v) is 9.58. The molecule has 1 aliphatic heterocycles. The lowest BCUT2D eigenvalue weighted by molar-refractivity contribution is -0.135. The molecule has 1 unspecified atom stereocenters. The van der Waals surface area contributed by atoms with Gasteiger partial charge in [-0.05, 0) is 30.9 Å². The van der Waals surface area contributed by atoms with Crippen LogP contribution < -0.4 is 10.0 Å². The van der Waals surface area contributed by atoms with Crippen LogP contribution in [0, 0.1) is 5.92 Å². The second kappa shape index (κ2) is 13.3. The van der Waals surface area contributed by atoms with E-state index < -0.39 is 10.0 Å². The van der Waals surface area contributed by atoms with Gasteiger partial charge in [0.05, 0.1) is 5.92 Å². The average Bonchev–Trinajstić information content (AvgIpc) is 2.78. The van der Waals surface area contributed by atoms with Crippen LogP contribution in [0.2, 0.25) is 0 Å². The molecule has 31 heavy (non-hydrogen) atoms. The molecule has 1 atom stereocenters. The molecule has 0 aliphatic carbocycles. The van der Waals surface area contributed by atoms with Crippen LogP contribution in [0.3, 0.4) is 0 Å². The SMILES string of the molecule is CCCCCCNC(=O)C1CCCN(C(=O)CCNS(=O)(=O)/C=C/c2ccccc2)C1. The maximum absolute atomic E-state index is 12.5. The van der Waals surface area contributed by atoms with Crippen molar-refractivity contribution in [1.82, 2.24) is 14.9 Å². The van der Waals surface area contributed by atoms with Crippen LogP contribution in [0.5, 0.6) is 0 Å². The zero-order valence-corrected chi connectivity index (χ0v) is 19.2. The van der Waals surface area contributed by atoms with E-state index in [0.717, 1.165) is 43.1 Å². The quantitative estimate of drug-likeness (QED) is 0.480. The number of sulfonamides is 1. The summed E-state index contributed by atoms with van der Waals surface area (Å²) < 4.78 is 26.6. The van der Waals surface area contributed by atoms with Gasteiger partial charge < -0.3 is 10.2 Å². The molecule has 0 aromatic heterocycles. The number of benzene rings is 1. The van der Waals surface area contributed by atoms with Gasteiger partial charge in [0.25, 0.3) is 0 Å². The highest BCUT2D eigenvalue weighted by Crippen LogP contribution is 2.17. The number of amides is 2. The topological polar surface area (TPSA) is 95.6 Å². The van der Waals surface area contributed by atoms with E-state index in [9.17, 15) is 18.0 Å². The van der Waals surface area contributed by atoms with Gasteiger partial charge in [0.15, 0.2) is 0 Å². The number of rotatable bonds is 12. The summed E-state index contributed by atoms with van der Waals surface area (Å²) in [5.41, 5.74) is 0.784. The number of likely N-dealkylation sites (tertiary alicyclic amines) is 1. The van der Waals surface area contributed by atoms with Crippen molar-refractivity contribution in [2.45, 2.75) is 51.9 Å². The van der Waals surface area contributed by atoms with Crippen molar-refractivity contribution < 1.29 is 18.0 Å². The highest BCUT2D eigenvalue weighted by Gasteiger charge is 2.28. The predicted octanol–water partition coefficient (Wildman–Crippen LogP) is 2.90. The third-order valence-corrected chi connectivity index (χ3v) is 6.46. The van der Waals surface area contributed by atoms with E-state index in [1.807, 2.05) is 30.3 Å². The first-order chi connectivity index (χ1) is 14.9. The number of unbranched alkanes of at least 4 members (excludes halogenated alkanes) is 3. The molecule has 0 radical (unpaired) electrons. The summed E-state index contributed by atoms with van der Waals surface area (Å²) in [5.74, 6) is -0.301. The van der Waals surface area contributed by atoms with Crippen molar-refractivity contribution in [3.63, 3.8) is 0 Å². The molecular weight excluding hydrogens is 414 g/mol. The molecule has 2 rings (SSSR count). The molecule has 0 bridgehead atoms. The van der Waals surface area contributed by atoms with E-state index >= 15 is 0 Å². The molecule has 7 nitrogen and oxygen atoms in total. The van der Waals surface area contributed by atoms with Crippen molar-refractivity contribution in [3.8, 4) is 0 Å². The Bertz CT molecular complexity index is 824. The fraction of sp³-hybridized carbons (Fsp3) is 0.565. The summed E-state index contributed by atoms with van der Waals surface area (Å²) in [6.45, 7) is 3.88. The Balaban J connectivity index is 1.72. The van der Waals surface area contributed by atoms with Gasteiger partial charge >= 0.3 is 0 Å². The van der Waals surface area contributed by atoms with Crippen LogP contribution in [0.4, 0.5) is 0 Å². The van der Waals surface area contributed by atoms with Crippen molar-refractivity contribution in [1.29, 1.82) is 0 Å². The van der Waals surface area contributed by atoms with Crippen molar-refractivity contribution >= 4 is 27.9 Å². The van der Waals surface area contributed by atoms with Gasteiger partial charge in [-0.2, -0.15) is 0 Å². The summed E-state index contributed by atoms with van der Waals surface area (Å²) in [4.78, 5) is 26.6. The number of hydrogen-bond acceptors (Lipinski definition) is 4. The highest BCUT2D eigenvalue weighted by molar-refractivity contribution is 7.92. The second-order valence-electron chi connectivity index (χ2n) is 7.93. The van der Waals surface area contributed by atoms with Gasteiger partial charge in [-0.3, -0.25) is 9.59 Å². The van der Waals surface area contributed by atoms with Gasteiger partial charge in [-0.1, -0.05) is 56.5 Å². The van der Waals surface area contributed by atoms with Crippen molar-refractivity contribution in [2.75, 3.05) is 26.2 Å². The number of carbonyl (C=O) groups is 2. The Morgan fingerprint density at radius 1 is 1.13 bits per heavy atom. The van der Waals surface area contributed by atoms with Crippen LogP contribution in [0.1, 0.15) is 57.4 Å². The minimum atomic E-state index is -3.61. The summed E-state index contributed by atoms with van der Waals surface area (Å²) >= 11 is 0. The van der Waals surface area contributed by atoms with Crippen LogP contribution in [0.25, 0.3) is 6.08 Å². The monoisotopic (exact) mass is 449 g/mol. The first-order valence-electron chi connectivity index (χ1n) is 11.2. The first-order valence-corrected chi connectivity index (χ1v) is 12.7. The van der Waals surface area contributed by atoms with E-state index in [0.29, 0.717) is 19.6 Å². The lowest BCUT2D eigenvalue weighted by atomic mass is 9.96. The molecule has 8 heteroatoms. The lowest BCUT2D eigenvalue weighted by Crippen LogP contribution is -2.46. The minimum absolute atomic E-state index is 0.0146. The number of nitrogens with one attached hydrogen (secondary N) is 2. The Labute approximate surface area is 186 Å². The number of carbonyl (C=O) groups excluding carboxylic acids is 2. The average molecular weight is 450 g/mol. The maximum atomic E-state index is 12.5. The lowest BCUT2D eigenvalue weighted by Gasteiger charge is -2.32. The molecule has 2 N–H and O–H groups in total.